The van der Waals surface area contributed by atoms with Crippen LogP contribution in [0.25, 0.3) is 23.5 Å². The van der Waals surface area contributed by atoms with Gasteiger partial charge in [-0.3, -0.25) is 0 Å². The van der Waals surface area contributed by atoms with Crippen LogP contribution < -0.4 is 15.4 Å². The molecule has 32 heavy (non-hydrogen) atoms. The SMILES string of the molecule is CCCCCCCCCCCC=c1ccc(=Cc2[nH]c(-c3ccc[nH]3)cc2OCCC)[nH]1. The van der Waals surface area contributed by atoms with E-state index in [0.29, 0.717) is 6.61 Å². The van der Waals surface area contributed by atoms with Crippen molar-refractivity contribution in [3.63, 3.8) is 0 Å². The molecule has 174 valence electrons. The highest BCUT2D eigenvalue weighted by Gasteiger charge is 2.09. The maximum atomic E-state index is 5.98. The molecule has 3 aromatic heterocycles. The summed E-state index contributed by atoms with van der Waals surface area (Å²) >= 11 is 0. The minimum Gasteiger partial charge on any atom is -0.491 e. The Balaban J connectivity index is 1.53. The molecule has 0 aliphatic rings. The molecule has 0 fully saturated rings. The number of rotatable bonds is 15. The summed E-state index contributed by atoms with van der Waals surface area (Å²) in [5.41, 5.74) is 3.10. The zero-order chi connectivity index (χ0) is 22.4. The topological polar surface area (TPSA) is 56.6 Å². The second kappa shape index (κ2) is 13.7. The monoisotopic (exact) mass is 435 g/mol. The van der Waals surface area contributed by atoms with Gasteiger partial charge in [-0.25, -0.2) is 0 Å². The minimum absolute atomic E-state index is 0.714. The van der Waals surface area contributed by atoms with Gasteiger partial charge in [0.05, 0.1) is 23.7 Å². The zero-order valence-electron chi connectivity index (χ0n) is 20.0. The molecule has 0 saturated carbocycles. The van der Waals surface area contributed by atoms with Crippen LogP contribution in [-0.4, -0.2) is 21.6 Å². The van der Waals surface area contributed by atoms with Crippen molar-refractivity contribution >= 4 is 12.2 Å². The maximum absolute atomic E-state index is 5.98. The third kappa shape index (κ3) is 7.81. The van der Waals surface area contributed by atoms with Gasteiger partial charge in [-0.15, -0.1) is 0 Å². The van der Waals surface area contributed by atoms with Crippen LogP contribution in [0.3, 0.4) is 0 Å². The number of hydrogen-bond acceptors (Lipinski definition) is 1. The second-order valence-electron chi connectivity index (χ2n) is 8.73. The van der Waals surface area contributed by atoms with Crippen molar-refractivity contribution in [2.24, 2.45) is 0 Å². The van der Waals surface area contributed by atoms with Crippen molar-refractivity contribution in [2.75, 3.05) is 6.61 Å². The number of ether oxygens (including phenoxy) is 1. The molecule has 0 radical (unpaired) electrons. The Morgan fingerprint density at radius 3 is 2.25 bits per heavy atom. The summed E-state index contributed by atoms with van der Waals surface area (Å²) < 4.78 is 5.98. The Labute approximate surface area is 193 Å². The van der Waals surface area contributed by atoms with Crippen LogP contribution in [0.4, 0.5) is 0 Å². The largest absolute Gasteiger partial charge is 0.491 e. The van der Waals surface area contributed by atoms with E-state index in [-0.39, 0.29) is 0 Å². The van der Waals surface area contributed by atoms with Gasteiger partial charge in [0.25, 0.3) is 0 Å². The van der Waals surface area contributed by atoms with Gasteiger partial charge in [-0.2, -0.15) is 0 Å². The van der Waals surface area contributed by atoms with Gasteiger partial charge < -0.3 is 19.7 Å². The predicted molar refractivity (Wildman–Crippen MR) is 136 cm³/mol. The first-order valence-electron chi connectivity index (χ1n) is 12.7. The van der Waals surface area contributed by atoms with Crippen LogP contribution in [0.5, 0.6) is 5.75 Å². The highest BCUT2D eigenvalue weighted by atomic mass is 16.5. The van der Waals surface area contributed by atoms with Crippen LogP contribution in [0, 0.1) is 0 Å². The molecule has 3 aromatic rings. The summed E-state index contributed by atoms with van der Waals surface area (Å²) in [5.74, 6) is 0.895. The molecule has 0 atom stereocenters. The van der Waals surface area contributed by atoms with Crippen molar-refractivity contribution in [3.8, 4) is 17.1 Å². The number of hydrogen-bond donors (Lipinski definition) is 3. The lowest BCUT2D eigenvalue weighted by Crippen LogP contribution is -2.09. The predicted octanol–water partition coefficient (Wildman–Crippen LogP) is 6.66. The molecule has 0 saturated heterocycles. The van der Waals surface area contributed by atoms with Gasteiger partial charge >= 0.3 is 0 Å². The molecule has 0 aliphatic carbocycles. The molecule has 0 bridgehead atoms. The Hall–Kier alpha value is -2.62. The van der Waals surface area contributed by atoms with E-state index in [9.17, 15) is 0 Å². The molecular weight excluding hydrogens is 394 g/mol. The molecular formula is C28H41N3O. The van der Waals surface area contributed by atoms with Crippen LogP contribution in [0.15, 0.2) is 36.5 Å². The molecule has 0 amide bonds. The van der Waals surface area contributed by atoms with Gasteiger partial charge in [-0.05, 0) is 49.6 Å². The number of unbranched alkanes of at least 4 members (excludes halogenated alkanes) is 9. The third-order valence-corrected chi connectivity index (χ3v) is 5.86. The summed E-state index contributed by atoms with van der Waals surface area (Å²) in [5, 5.41) is 2.28. The summed E-state index contributed by atoms with van der Waals surface area (Å²) in [6.07, 6.45) is 20.9. The van der Waals surface area contributed by atoms with Crippen molar-refractivity contribution in [3.05, 3.63) is 52.9 Å². The van der Waals surface area contributed by atoms with Gasteiger partial charge in [-0.1, -0.05) is 71.3 Å². The summed E-state index contributed by atoms with van der Waals surface area (Å²) in [6.45, 7) is 5.12. The molecule has 4 nitrogen and oxygen atoms in total. The summed E-state index contributed by atoms with van der Waals surface area (Å²) in [4.78, 5) is 10.3. The first kappa shape index (κ1) is 24.0. The molecule has 0 aromatic carbocycles. The third-order valence-electron chi connectivity index (χ3n) is 5.86. The summed E-state index contributed by atoms with van der Waals surface area (Å²) in [6, 6.07) is 10.5. The van der Waals surface area contributed by atoms with Crippen molar-refractivity contribution < 1.29 is 4.74 Å². The smallest absolute Gasteiger partial charge is 0.144 e. The van der Waals surface area contributed by atoms with Crippen molar-refractivity contribution in [2.45, 2.75) is 84.5 Å². The molecule has 0 aliphatic heterocycles. The van der Waals surface area contributed by atoms with Crippen LogP contribution in [-0.2, 0) is 0 Å². The maximum Gasteiger partial charge on any atom is 0.144 e. The fourth-order valence-corrected chi connectivity index (χ4v) is 4.03. The standard InChI is InChI=1S/C28H41N3O/c1-3-5-6-7-8-9-10-11-12-13-15-23-17-18-24(30-23)21-27-28(32-20-4-2)22-26(31-27)25-16-14-19-29-25/h14-19,21-22,29-31H,3-13,20H2,1-2H3. The van der Waals surface area contributed by atoms with Crippen LogP contribution in [0.1, 0.15) is 90.2 Å². The summed E-state index contributed by atoms with van der Waals surface area (Å²) in [7, 11) is 0. The highest BCUT2D eigenvalue weighted by Crippen LogP contribution is 2.27. The van der Waals surface area contributed by atoms with Gasteiger partial charge in [0, 0.05) is 23.0 Å². The van der Waals surface area contributed by atoms with Crippen LogP contribution in [0.2, 0.25) is 0 Å². The molecule has 4 heteroatoms. The van der Waals surface area contributed by atoms with E-state index in [2.05, 4.69) is 65.2 Å². The number of H-pyrrole nitrogens is 3. The van der Waals surface area contributed by atoms with E-state index in [1.807, 2.05) is 12.3 Å². The van der Waals surface area contributed by atoms with Gasteiger partial charge in [0.1, 0.15) is 5.75 Å². The Kier molecular flexibility index (Phi) is 10.3. The number of nitrogens with one attached hydrogen (secondary N) is 3. The second-order valence-corrected chi connectivity index (χ2v) is 8.73. The molecule has 3 rings (SSSR count). The normalized spacial score (nSPS) is 12.7. The first-order valence-corrected chi connectivity index (χ1v) is 12.7. The van der Waals surface area contributed by atoms with Gasteiger partial charge in [0.15, 0.2) is 0 Å². The highest BCUT2D eigenvalue weighted by molar-refractivity contribution is 5.65. The zero-order valence-corrected chi connectivity index (χ0v) is 20.0. The minimum atomic E-state index is 0.714. The Bertz CT molecular complexity index is 994. The molecule has 0 spiro atoms. The van der Waals surface area contributed by atoms with Crippen molar-refractivity contribution in [1.82, 2.24) is 15.0 Å². The lowest BCUT2D eigenvalue weighted by Gasteiger charge is -2.02. The molecule has 3 heterocycles. The van der Waals surface area contributed by atoms with E-state index < -0.39 is 0 Å². The number of aromatic amines is 3. The average Bonchev–Trinajstić information content (AvgIpc) is 3.55. The van der Waals surface area contributed by atoms with Crippen LogP contribution >= 0.6 is 0 Å². The van der Waals surface area contributed by atoms with E-state index in [1.54, 1.807) is 0 Å². The van der Waals surface area contributed by atoms with Crippen molar-refractivity contribution in [1.29, 1.82) is 0 Å². The lowest BCUT2D eigenvalue weighted by molar-refractivity contribution is 0.317. The average molecular weight is 436 g/mol. The Morgan fingerprint density at radius 2 is 1.53 bits per heavy atom. The quantitative estimate of drug-likeness (QED) is 0.230. The fraction of sp³-hybridized carbons (Fsp3) is 0.500. The van der Waals surface area contributed by atoms with E-state index in [1.165, 1.54) is 63.1 Å². The molecule has 3 N–H and O–H groups in total. The fourth-order valence-electron chi connectivity index (χ4n) is 4.03. The van der Waals surface area contributed by atoms with Gasteiger partial charge in [0.2, 0.25) is 0 Å². The number of aromatic nitrogens is 3. The lowest BCUT2D eigenvalue weighted by atomic mass is 10.1. The Morgan fingerprint density at radius 1 is 0.781 bits per heavy atom. The first-order chi connectivity index (χ1) is 15.8. The van der Waals surface area contributed by atoms with E-state index in [4.69, 9.17) is 4.74 Å². The molecule has 0 unspecified atom stereocenters. The van der Waals surface area contributed by atoms with E-state index >= 15 is 0 Å². The van der Waals surface area contributed by atoms with E-state index in [0.717, 1.165) is 41.0 Å².